The fourth-order valence-electron chi connectivity index (χ4n) is 0.771. The second kappa shape index (κ2) is 5.22. The molecular formula is C8H3Cl3F5NO. The Balaban J connectivity index is 2.85. The van der Waals surface area contributed by atoms with Gasteiger partial charge >= 0.3 is 12.1 Å². The van der Waals surface area contributed by atoms with E-state index in [9.17, 15) is 22.0 Å². The van der Waals surface area contributed by atoms with Gasteiger partial charge in [-0.3, -0.25) is 0 Å². The smallest absolute Gasteiger partial charge is 0.456 e. The van der Waals surface area contributed by atoms with E-state index >= 15 is 0 Å². The minimum atomic E-state index is -5.73. The largest absolute Gasteiger partial charge is 0.470 e. The predicted molar refractivity (Wildman–Crippen MR) is 55.8 cm³/mol. The van der Waals surface area contributed by atoms with Crippen molar-refractivity contribution >= 4 is 34.8 Å². The van der Waals surface area contributed by atoms with Crippen molar-refractivity contribution in [3.63, 3.8) is 0 Å². The van der Waals surface area contributed by atoms with Crippen LogP contribution < -0.4 is 4.74 Å². The van der Waals surface area contributed by atoms with Crippen LogP contribution in [0.25, 0.3) is 0 Å². The molecule has 0 aliphatic carbocycles. The highest BCUT2D eigenvalue weighted by Gasteiger charge is 2.58. The summed E-state index contributed by atoms with van der Waals surface area (Å²) in [5.74, 6) is -5.68. The molecule has 0 atom stereocenters. The van der Waals surface area contributed by atoms with Crippen LogP contribution in [0.1, 0.15) is 0 Å². The molecule has 102 valence electrons. The molecule has 0 aliphatic heterocycles. The summed E-state index contributed by atoms with van der Waals surface area (Å²) < 4.78 is 64.9. The second-order valence-corrected chi connectivity index (χ2v) is 4.21. The van der Waals surface area contributed by atoms with E-state index in [1.165, 1.54) is 0 Å². The normalized spacial score (nSPS) is 12.7. The van der Waals surface area contributed by atoms with Crippen LogP contribution in [0, 0.1) is 0 Å². The molecule has 0 aliphatic rings. The van der Waals surface area contributed by atoms with Crippen molar-refractivity contribution in [1.82, 2.24) is 4.98 Å². The van der Waals surface area contributed by atoms with E-state index < -0.39 is 24.6 Å². The third-order valence-corrected chi connectivity index (χ3v) is 2.60. The van der Waals surface area contributed by atoms with E-state index in [4.69, 9.17) is 34.8 Å². The second-order valence-electron chi connectivity index (χ2n) is 3.04. The summed E-state index contributed by atoms with van der Waals surface area (Å²) in [5.41, 5.74) is 0. The van der Waals surface area contributed by atoms with Crippen LogP contribution in [0.2, 0.25) is 15.2 Å². The lowest BCUT2D eigenvalue weighted by atomic mass is 10.3. The van der Waals surface area contributed by atoms with Crippen molar-refractivity contribution < 1.29 is 26.7 Å². The average molecular weight is 330 g/mol. The van der Waals surface area contributed by atoms with E-state index in [2.05, 4.69) is 9.72 Å². The molecule has 0 aromatic carbocycles. The molecule has 0 saturated heterocycles. The van der Waals surface area contributed by atoms with E-state index in [-0.39, 0.29) is 15.2 Å². The van der Waals surface area contributed by atoms with Gasteiger partial charge in [0.05, 0.1) is 5.02 Å². The third kappa shape index (κ3) is 3.49. The molecule has 0 bridgehead atoms. The Morgan fingerprint density at radius 3 is 2.11 bits per heavy atom. The Labute approximate surface area is 113 Å². The number of hydrogen-bond donors (Lipinski definition) is 0. The number of aromatic nitrogens is 1. The van der Waals surface area contributed by atoms with Crippen LogP contribution in [0.15, 0.2) is 6.07 Å². The first kappa shape index (κ1) is 15.5. The number of ether oxygens (including phenoxy) is 1. The van der Waals surface area contributed by atoms with Gasteiger partial charge in [-0.15, -0.1) is 0 Å². The molecule has 18 heavy (non-hydrogen) atoms. The van der Waals surface area contributed by atoms with Gasteiger partial charge in [0.25, 0.3) is 0 Å². The van der Waals surface area contributed by atoms with Gasteiger partial charge in [-0.05, 0) is 6.07 Å². The molecule has 0 N–H and O–H groups in total. The minimum absolute atomic E-state index is 0.0865. The number of pyridine rings is 1. The third-order valence-electron chi connectivity index (χ3n) is 1.66. The molecule has 1 rings (SSSR count). The van der Waals surface area contributed by atoms with Gasteiger partial charge in [0.15, 0.2) is 11.8 Å². The van der Waals surface area contributed by atoms with Crippen LogP contribution in [0.3, 0.4) is 0 Å². The topological polar surface area (TPSA) is 22.1 Å². The monoisotopic (exact) mass is 329 g/mol. The number of alkyl halides is 5. The fourth-order valence-corrected chi connectivity index (χ4v) is 1.32. The Kier molecular flexibility index (Phi) is 4.51. The summed E-state index contributed by atoms with van der Waals surface area (Å²) in [6.45, 7) is -1.96. The highest BCUT2D eigenvalue weighted by atomic mass is 35.5. The first-order valence-corrected chi connectivity index (χ1v) is 5.27. The molecule has 0 amide bonds. The van der Waals surface area contributed by atoms with Gasteiger partial charge in [-0.25, -0.2) is 0 Å². The highest BCUT2D eigenvalue weighted by Crippen LogP contribution is 2.37. The highest BCUT2D eigenvalue weighted by molar-refractivity contribution is 6.42. The van der Waals surface area contributed by atoms with Crippen LogP contribution in [0.4, 0.5) is 22.0 Å². The molecule has 10 heteroatoms. The maximum Gasteiger partial charge on any atom is 0.456 e. The number of rotatable bonds is 3. The Morgan fingerprint density at radius 2 is 1.61 bits per heavy atom. The van der Waals surface area contributed by atoms with Gasteiger partial charge < -0.3 is 4.74 Å². The van der Waals surface area contributed by atoms with Gasteiger partial charge in [0, 0.05) is 0 Å². The molecule has 0 radical (unpaired) electrons. The predicted octanol–water partition coefficient (Wildman–Crippen LogP) is 4.62. The maximum absolute atomic E-state index is 12.5. The lowest BCUT2D eigenvalue weighted by Gasteiger charge is -2.19. The summed E-state index contributed by atoms with van der Waals surface area (Å²) in [6, 6.07) is 1.01. The van der Waals surface area contributed by atoms with E-state index in [1.54, 1.807) is 0 Å². The van der Waals surface area contributed by atoms with Crippen molar-refractivity contribution in [1.29, 1.82) is 0 Å². The summed E-state index contributed by atoms with van der Waals surface area (Å²) >= 11 is 16.4. The lowest BCUT2D eigenvalue weighted by Crippen LogP contribution is -2.41. The van der Waals surface area contributed by atoms with E-state index in [0.717, 1.165) is 6.07 Å². The average Bonchev–Trinajstić information content (AvgIpc) is 2.20. The molecule has 0 saturated carbocycles. The minimum Gasteiger partial charge on any atom is -0.470 e. The summed E-state index contributed by atoms with van der Waals surface area (Å²) in [6.07, 6.45) is -5.73. The molecule has 2 nitrogen and oxygen atoms in total. The van der Waals surface area contributed by atoms with Crippen molar-refractivity contribution in [3.8, 4) is 5.88 Å². The van der Waals surface area contributed by atoms with Crippen molar-refractivity contribution in [2.24, 2.45) is 0 Å². The lowest BCUT2D eigenvalue weighted by molar-refractivity contribution is -0.290. The van der Waals surface area contributed by atoms with Gasteiger partial charge in [0.1, 0.15) is 5.02 Å². The SMILES string of the molecule is FC(F)(F)C(F)(F)COc1nc(Cl)c(Cl)cc1Cl. The maximum atomic E-state index is 12.5. The quantitative estimate of drug-likeness (QED) is 0.596. The van der Waals surface area contributed by atoms with Crippen LogP contribution >= 0.6 is 34.8 Å². The van der Waals surface area contributed by atoms with Gasteiger partial charge in [-0.1, -0.05) is 34.8 Å². The molecule has 0 spiro atoms. The summed E-state index contributed by atoms with van der Waals surface area (Å²) in [7, 11) is 0. The molecule has 1 aromatic heterocycles. The van der Waals surface area contributed by atoms with E-state index in [1.807, 2.05) is 0 Å². The summed E-state index contributed by atoms with van der Waals surface area (Å²) in [5, 5.41) is -0.745. The zero-order valence-corrected chi connectivity index (χ0v) is 10.4. The number of nitrogens with zero attached hydrogens (tertiary/aromatic N) is 1. The molecule has 0 fully saturated rings. The first-order valence-electron chi connectivity index (χ1n) is 4.13. The van der Waals surface area contributed by atoms with Crippen LogP contribution in [-0.2, 0) is 0 Å². The van der Waals surface area contributed by atoms with Crippen molar-refractivity contribution in [2.45, 2.75) is 12.1 Å². The number of hydrogen-bond acceptors (Lipinski definition) is 2. The summed E-state index contributed by atoms with van der Waals surface area (Å²) in [4.78, 5) is 3.34. The van der Waals surface area contributed by atoms with Gasteiger partial charge in [0.2, 0.25) is 5.88 Å². The molecule has 1 aromatic rings. The molecule has 0 unspecified atom stereocenters. The Bertz CT molecular complexity index is 451. The van der Waals surface area contributed by atoms with Crippen LogP contribution in [-0.4, -0.2) is 23.7 Å². The Hall–Kier alpha value is -0.530. The van der Waals surface area contributed by atoms with E-state index in [0.29, 0.717) is 0 Å². The van der Waals surface area contributed by atoms with Gasteiger partial charge in [-0.2, -0.15) is 26.9 Å². The van der Waals surface area contributed by atoms with Crippen molar-refractivity contribution in [2.75, 3.05) is 6.61 Å². The standard InChI is InChI=1S/C8H3Cl3F5NO/c9-3-1-4(10)6(17-5(3)11)18-2-7(12,13)8(14,15)16/h1H,2H2. The zero-order chi connectivity index (χ0) is 14.1. The molecule has 1 heterocycles. The molecular weight excluding hydrogens is 327 g/mol. The van der Waals surface area contributed by atoms with Crippen molar-refractivity contribution in [3.05, 3.63) is 21.3 Å². The first-order chi connectivity index (χ1) is 8.04. The van der Waals surface area contributed by atoms with Crippen LogP contribution in [0.5, 0.6) is 5.88 Å². The fraction of sp³-hybridized carbons (Fsp3) is 0.375. The zero-order valence-electron chi connectivity index (χ0n) is 8.16. The number of halogens is 8. The Morgan fingerprint density at radius 1 is 1.06 bits per heavy atom.